The molecule has 1 aliphatic rings. The summed E-state index contributed by atoms with van der Waals surface area (Å²) in [6.45, 7) is 1.26. The van der Waals surface area contributed by atoms with Gasteiger partial charge in [0.1, 0.15) is 0 Å². The van der Waals surface area contributed by atoms with Gasteiger partial charge in [-0.3, -0.25) is 4.98 Å². The molecule has 96 valence electrons. The summed E-state index contributed by atoms with van der Waals surface area (Å²) in [4.78, 5) is 4.35. The van der Waals surface area contributed by atoms with Crippen LogP contribution in [-0.2, 0) is 0 Å². The van der Waals surface area contributed by atoms with Crippen molar-refractivity contribution in [2.45, 2.75) is 25.7 Å². The van der Waals surface area contributed by atoms with Crippen molar-refractivity contribution in [1.29, 1.82) is 0 Å². The molecule has 0 amide bonds. The zero-order valence-electron chi connectivity index (χ0n) is 10.4. The number of fused-ring (bicyclic) bond motifs is 1. The molecule has 1 saturated carbocycles. The number of rotatable bonds is 5. The van der Waals surface area contributed by atoms with Crippen LogP contribution in [0, 0.1) is 5.41 Å². The van der Waals surface area contributed by atoms with Gasteiger partial charge in [-0.25, -0.2) is 0 Å². The predicted octanol–water partition coefficient (Wildman–Crippen LogP) is 3.26. The Labute approximate surface area is 111 Å². The maximum Gasteiger partial charge on any atom is 0.0830 e. The van der Waals surface area contributed by atoms with Gasteiger partial charge < -0.3 is 10.4 Å². The van der Waals surface area contributed by atoms with Gasteiger partial charge in [-0.05, 0) is 42.2 Å². The molecular weight excluding hydrogens is 244 g/mol. The summed E-state index contributed by atoms with van der Waals surface area (Å²) in [7, 11) is 0. The smallest absolute Gasteiger partial charge is 0.0830 e. The molecule has 0 aromatic carbocycles. The SMILES string of the molecule is OCCC1(CNc2ccnc3ccsc23)CCC1. The van der Waals surface area contributed by atoms with E-state index in [0.717, 1.165) is 18.5 Å². The van der Waals surface area contributed by atoms with Crippen LogP contribution in [-0.4, -0.2) is 23.2 Å². The molecule has 4 heteroatoms. The minimum atomic E-state index is 0.298. The fraction of sp³-hybridized carbons (Fsp3) is 0.500. The molecule has 1 fully saturated rings. The number of hydrogen-bond donors (Lipinski definition) is 2. The molecule has 0 unspecified atom stereocenters. The molecule has 2 heterocycles. The Balaban J connectivity index is 1.74. The van der Waals surface area contributed by atoms with E-state index in [9.17, 15) is 0 Å². The molecule has 0 radical (unpaired) electrons. The van der Waals surface area contributed by atoms with Crippen LogP contribution in [0.25, 0.3) is 10.2 Å². The summed E-state index contributed by atoms with van der Waals surface area (Å²) in [5, 5.41) is 14.8. The largest absolute Gasteiger partial charge is 0.396 e. The Kier molecular flexibility index (Phi) is 3.22. The lowest BCUT2D eigenvalue weighted by molar-refractivity contribution is 0.102. The fourth-order valence-electron chi connectivity index (χ4n) is 2.72. The number of aliphatic hydroxyl groups excluding tert-OH is 1. The molecule has 18 heavy (non-hydrogen) atoms. The molecule has 1 aliphatic carbocycles. The van der Waals surface area contributed by atoms with Crippen molar-refractivity contribution in [2.24, 2.45) is 5.41 Å². The molecule has 3 rings (SSSR count). The Morgan fingerprint density at radius 1 is 1.39 bits per heavy atom. The van der Waals surface area contributed by atoms with E-state index < -0.39 is 0 Å². The van der Waals surface area contributed by atoms with Gasteiger partial charge in [0.2, 0.25) is 0 Å². The van der Waals surface area contributed by atoms with Gasteiger partial charge in [-0.1, -0.05) is 6.42 Å². The standard InChI is InChI=1S/C14H18N2OS/c17-8-6-14(4-1-5-14)10-16-11-2-7-15-12-3-9-18-13(11)12/h2-3,7,9,17H,1,4-6,8,10H2,(H,15,16). The average Bonchev–Trinajstić information content (AvgIpc) is 2.81. The third-order valence-corrected chi connectivity index (χ3v) is 4.99. The minimum Gasteiger partial charge on any atom is -0.396 e. The van der Waals surface area contributed by atoms with Crippen LogP contribution in [0.15, 0.2) is 23.7 Å². The summed E-state index contributed by atoms with van der Waals surface area (Å²) < 4.78 is 1.23. The van der Waals surface area contributed by atoms with Crippen LogP contribution in [0.5, 0.6) is 0 Å². The second-order valence-corrected chi connectivity index (χ2v) is 6.09. The maximum absolute atomic E-state index is 9.17. The van der Waals surface area contributed by atoms with Crippen molar-refractivity contribution in [1.82, 2.24) is 4.98 Å². The Hall–Kier alpha value is -1.13. The van der Waals surface area contributed by atoms with Crippen LogP contribution in [0.2, 0.25) is 0 Å². The summed E-state index contributed by atoms with van der Waals surface area (Å²) in [6, 6.07) is 4.10. The summed E-state index contributed by atoms with van der Waals surface area (Å²) >= 11 is 1.73. The normalized spacial score (nSPS) is 17.6. The highest BCUT2D eigenvalue weighted by Gasteiger charge is 2.36. The number of aromatic nitrogens is 1. The number of hydrogen-bond acceptors (Lipinski definition) is 4. The van der Waals surface area contributed by atoms with E-state index in [4.69, 9.17) is 5.11 Å². The first-order valence-corrected chi connectivity index (χ1v) is 7.38. The molecule has 2 N–H and O–H groups in total. The Morgan fingerprint density at radius 3 is 3.00 bits per heavy atom. The van der Waals surface area contributed by atoms with Crippen molar-refractivity contribution < 1.29 is 5.11 Å². The van der Waals surface area contributed by atoms with E-state index in [1.807, 2.05) is 12.3 Å². The molecule has 0 saturated heterocycles. The topological polar surface area (TPSA) is 45.1 Å². The highest BCUT2D eigenvalue weighted by molar-refractivity contribution is 7.17. The maximum atomic E-state index is 9.17. The molecule has 0 aliphatic heterocycles. The van der Waals surface area contributed by atoms with Gasteiger partial charge >= 0.3 is 0 Å². The Morgan fingerprint density at radius 2 is 2.28 bits per heavy atom. The van der Waals surface area contributed by atoms with Crippen molar-refractivity contribution in [3.05, 3.63) is 23.7 Å². The Bertz CT molecular complexity index is 533. The average molecular weight is 262 g/mol. The summed E-state index contributed by atoms with van der Waals surface area (Å²) in [5.74, 6) is 0. The van der Waals surface area contributed by atoms with Crippen LogP contribution in [0.3, 0.4) is 0 Å². The zero-order valence-corrected chi connectivity index (χ0v) is 11.2. The molecule has 3 nitrogen and oxygen atoms in total. The molecule has 0 spiro atoms. The molecule has 2 aromatic rings. The van der Waals surface area contributed by atoms with Gasteiger partial charge in [0.05, 0.1) is 15.9 Å². The lowest BCUT2D eigenvalue weighted by Crippen LogP contribution is -2.37. The summed E-state index contributed by atoms with van der Waals surface area (Å²) in [6.07, 6.45) is 6.54. The quantitative estimate of drug-likeness (QED) is 0.869. The molecule has 0 atom stereocenters. The summed E-state index contributed by atoms with van der Waals surface area (Å²) in [5.41, 5.74) is 2.57. The van der Waals surface area contributed by atoms with Gasteiger partial charge in [0.25, 0.3) is 0 Å². The monoisotopic (exact) mass is 262 g/mol. The third kappa shape index (κ3) is 2.10. The fourth-order valence-corrected chi connectivity index (χ4v) is 3.57. The highest BCUT2D eigenvalue weighted by atomic mass is 32.1. The first kappa shape index (κ1) is 11.9. The number of anilines is 1. The molecular formula is C14H18N2OS. The van der Waals surface area contributed by atoms with Crippen LogP contribution < -0.4 is 5.32 Å². The zero-order chi connectivity index (χ0) is 12.4. The number of pyridine rings is 1. The van der Waals surface area contributed by atoms with E-state index >= 15 is 0 Å². The van der Waals surface area contributed by atoms with Gasteiger partial charge in [0.15, 0.2) is 0 Å². The van der Waals surface area contributed by atoms with Crippen molar-refractivity contribution in [2.75, 3.05) is 18.5 Å². The van der Waals surface area contributed by atoms with E-state index in [-0.39, 0.29) is 0 Å². The molecule has 2 aromatic heterocycles. The van der Waals surface area contributed by atoms with Crippen LogP contribution in [0.1, 0.15) is 25.7 Å². The van der Waals surface area contributed by atoms with E-state index in [1.54, 1.807) is 11.3 Å². The van der Waals surface area contributed by atoms with Crippen molar-refractivity contribution in [3.63, 3.8) is 0 Å². The van der Waals surface area contributed by atoms with Crippen molar-refractivity contribution >= 4 is 27.2 Å². The third-order valence-electron chi connectivity index (χ3n) is 4.05. The van der Waals surface area contributed by atoms with Gasteiger partial charge in [0, 0.05) is 19.3 Å². The van der Waals surface area contributed by atoms with E-state index in [2.05, 4.69) is 21.7 Å². The van der Waals surface area contributed by atoms with Crippen LogP contribution >= 0.6 is 11.3 Å². The van der Waals surface area contributed by atoms with Crippen molar-refractivity contribution in [3.8, 4) is 0 Å². The lowest BCUT2D eigenvalue weighted by atomic mass is 9.67. The lowest BCUT2D eigenvalue weighted by Gasteiger charge is -2.42. The highest BCUT2D eigenvalue weighted by Crippen LogP contribution is 2.44. The van der Waals surface area contributed by atoms with Gasteiger partial charge in [-0.2, -0.15) is 0 Å². The number of nitrogens with zero attached hydrogens (tertiary/aromatic N) is 1. The molecule has 0 bridgehead atoms. The van der Waals surface area contributed by atoms with Gasteiger partial charge in [-0.15, -0.1) is 11.3 Å². The van der Waals surface area contributed by atoms with E-state index in [0.29, 0.717) is 12.0 Å². The number of nitrogens with one attached hydrogen (secondary N) is 1. The van der Waals surface area contributed by atoms with Crippen LogP contribution in [0.4, 0.5) is 5.69 Å². The van der Waals surface area contributed by atoms with E-state index in [1.165, 1.54) is 29.6 Å². The minimum absolute atomic E-state index is 0.298. The second-order valence-electron chi connectivity index (χ2n) is 5.17. The first-order valence-electron chi connectivity index (χ1n) is 6.50. The number of thiophene rings is 1. The predicted molar refractivity (Wildman–Crippen MR) is 76.1 cm³/mol. The number of aliphatic hydroxyl groups is 1. The second kappa shape index (κ2) is 4.86. The first-order chi connectivity index (χ1) is 8.83.